The summed E-state index contributed by atoms with van der Waals surface area (Å²) >= 11 is -2.92. The van der Waals surface area contributed by atoms with Gasteiger partial charge in [0.15, 0.2) is 0 Å². The number of benzene rings is 1. The molecule has 2 aromatic rings. The summed E-state index contributed by atoms with van der Waals surface area (Å²) in [4.78, 5) is 19.3. The second kappa shape index (κ2) is 11.1. The Bertz CT molecular complexity index is 1010. The van der Waals surface area contributed by atoms with Crippen LogP contribution in [0.5, 0.6) is 0 Å². The first kappa shape index (κ1) is 26.1. The first-order chi connectivity index (χ1) is 16.9. The van der Waals surface area contributed by atoms with Crippen LogP contribution in [0, 0.1) is 0 Å². The van der Waals surface area contributed by atoms with E-state index in [4.69, 9.17) is 4.98 Å². The molecule has 5 rings (SSSR count). The van der Waals surface area contributed by atoms with Crippen molar-refractivity contribution in [3.8, 4) is 0 Å². The van der Waals surface area contributed by atoms with Gasteiger partial charge in [-0.05, 0) is 0 Å². The molecule has 3 nitrogen and oxygen atoms in total. The van der Waals surface area contributed by atoms with Crippen LogP contribution in [0.4, 0.5) is 0 Å². The van der Waals surface area contributed by atoms with Gasteiger partial charge in [0.2, 0.25) is 0 Å². The topological polar surface area (TPSA) is 34.9 Å². The molecule has 0 N–H and O–H groups in total. The molecule has 0 atom stereocenters. The van der Waals surface area contributed by atoms with E-state index in [-0.39, 0.29) is 11.1 Å². The van der Waals surface area contributed by atoms with Gasteiger partial charge in [0.1, 0.15) is 0 Å². The normalized spacial score (nSPS) is 22.0. The molecule has 35 heavy (non-hydrogen) atoms. The van der Waals surface area contributed by atoms with Crippen LogP contribution < -0.4 is 5.56 Å². The quantitative estimate of drug-likeness (QED) is 0.253. The van der Waals surface area contributed by atoms with Gasteiger partial charge in [0, 0.05) is 0 Å². The summed E-state index contributed by atoms with van der Waals surface area (Å²) in [5.74, 6) is 0. The van der Waals surface area contributed by atoms with Gasteiger partial charge in [0.25, 0.3) is 0 Å². The van der Waals surface area contributed by atoms with Crippen molar-refractivity contribution >= 4 is 36.8 Å². The molecule has 3 aliphatic carbocycles. The van der Waals surface area contributed by atoms with E-state index in [0.717, 1.165) is 27.9 Å². The van der Waals surface area contributed by atoms with Gasteiger partial charge in [-0.2, -0.15) is 0 Å². The zero-order valence-corrected chi connectivity index (χ0v) is 26.0. The van der Waals surface area contributed by atoms with Crippen molar-refractivity contribution in [3.05, 3.63) is 34.6 Å². The molecule has 0 unspecified atom stereocenters. The van der Waals surface area contributed by atoms with Crippen LogP contribution in [0.1, 0.15) is 117 Å². The molecule has 0 amide bonds. The summed E-state index contributed by atoms with van der Waals surface area (Å²) in [5.41, 5.74) is 0.804. The van der Waals surface area contributed by atoms with Crippen molar-refractivity contribution in [1.29, 1.82) is 0 Å². The van der Waals surface area contributed by atoms with Gasteiger partial charge < -0.3 is 0 Å². The molecule has 0 spiro atoms. The molecule has 3 saturated carbocycles. The zero-order chi connectivity index (χ0) is 24.5. The predicted octanol–water partition coefficient (Wildman–Crippen LogP) is 9.19. The fourth-order valence-corrected chi connectivity index (χ4v) is 39.1. The molecule has 1 aromatic carbocycles. The van der Waals surface area contributed by atoms with Crippen LogP contribution in [-0.4, -0.2) is 26.5 Å². The number of hydrogen-bond donors (Lipinski definition) is 0. The Hall–Kier alpha value is -0.491. The number of hydrogen-bond acceptors (Lipinski definition) is 3. The maximum atomic E-state index is 13.9. The second-order valence-corrected chi connectivity index (χ2v) is 31.6. The van der Waals surface area contributed by atoms with Crippen molar-refractivity contribution in [3.63, 3.8) is 0 Å². The Labute approximate surface area is 219 Å². The molecular weight excluding hydrogens is 555 g/mol. The number of aromatic nitrogens is 2. The predicted molar refractivity (Wildman–Crippen MR) is 153 cm³/mol. The first-order valence-electron chi connectivity index (χ1n) is 14.6. The maximum absolute atomic E-state index is 13.9. The molecule has 3 fully saturated rings. The minimum absolute atomic E-state index is 0.168. The fraction of sp³-hybridized carbons (Fsp3) is 0.733. The average Bonchev–Trinajstić information content (AvgIpc) is 2.88. The van der Waals surface area contributed by atoms with Crippen molar-refractivity contribution in [2.24, 2.45) is 0 Å². The monoisotopic (exact) mass is 602 g/mol. The van der Waals surface area contributed by atoms with Crippen LogP contribution in [0.25, 0.3) is 10.9 Å². The summed E-state index contributed by atoms with van der Waals surface area (Å²) in [5, 5.41) is 1.86. The van der Waals surface area contributed by atoms with E-state index in [2.05, 4.69) is 40.4 Å². The van der Waals surface area contributed by atoms with Gasteiger partial charge in [0.05, 0.1) is 0 Å². The van der Waals surface area contributed by atoms with Crippen molar-refractivity contribution in [2.75, 3.05) is 0 Å². The fourth-order valence-electron chi connectivity index (χ4n) is 7.84. The molecule has 192 valence electrons. The zero-order valence-electron chi connectivity index (χ0n) is 22.4. The third-order valence-corrected chi connectivity index (χ3v) is 37.4. The van der Waals surface area contributed by atoms with Gasteiger partial charge in [-0.1, -0.05) is 0 Å². The molecule has 0 aliphatic heterocycles. The van der Waals surface area contributed by atoms with Gasteiger partial charge in [-0.3, -0.25) is 0 Å². The van der Waals surface area contributed by atoms with Crippen molar-refractivity contribution < 1.29 is 0 Å². The summed E-state index contributed by atoms with van der Waals surface area (Å²) < 4.78 is 5.00. The molecule has 3 aliphatic rings. The number of fused-ring (bicyclic) bond motifs is 1. The summed E-state index contributed by atoms with van der Waals surface area (Å²) in [7, 11) is 2.30. The van der Waals surface area contributed by atoms with Gasteiger partial charge >= 0.3 is 221 Å². The SMILES string of the molecule is CC(C)(C)n1c([S][Sn]([CH]2CCCCC2)([CH]2CCCCC2)[CH]2CCCCC2)nc2ccccc2c1=O. The second-order valence-electron chi connectivity index (χ2n) is 12.7. The molecule has 0 saturated heterocycles. The summed E-state index contributed by atoms with van der Waals surface area (Å²) in [6.07, 6.45) is 21.6. The Kier molecular flexibility index (Phi) is 8.28. The van der Waals surface area contributed by atoms with E-state index in [1.807, 2.05) is 18.2 Å². The van der Waals surface area contributed by atoms with Crippen LogP contribution in [0.15, 0.2) is 34.2 Å². The summed E-state index contributed by atoms with van der Waals surface area (Å²) in [6, 6.07) is 8.07. The molecule has 0 bridgehead atoms. The van der Waals surface area contributed by atoms with Crippen molar-refractivity contribution in [1.82, 2.24) is 9.55 Å². The molecule has 0 radical (unpaired) electrons. The molecule has 5 heteroatoms. The standard InChI is InChI=1S/C12H14N2OS.3C6H11.Sn/c1-12(2,3)14-10(15)8-6-4-5-7-9(8)13-11(14)16;3*1-2-4-6-5-3-1;/h4-7H,1-3H3,(H,13,16);3*1H,2-6H2;/q;;;;+1/p-1. The molecule has 1 aromatic heterocycles. The van der Waals surface area contributed by atoms with Crippen LogP contribution >= 0.6 is 8.95 Å². The Morgan fingerprint density at radius 3 is 1.69 bits per heavy atom. The number of para-hydroxylation sites is 1. The van der Waals surface area contributed by atoms with E-state index >= 15 is 0 Å². The van der Waals surface area contributed by atoms with Gasteiger partial charge in [-0.25, -0.2) is 0 Å². The summed E-state index contributed by atoms with van der Waals surface area (Å²) in [6.45, 7) is 6.61. The Morgan fingerprint density at radius 2 is 1.23 bits per heavy atom. The van der Waals surface area contributed by atoms with Gasteiger partial charge in [-0.15, -0.1) is 0 Å². The minimum atomic E-state index is -2.92. The first-order valence-corrected chi connectivity index (χ1v) is 23.9. The third-order valence-electron chi connectivity index (χ3n) is 9.41. The van der Waals surface area contributed by atoms with E-state index in [1.54, 1.807) is 0 Å². The van der Waals surface area contributed by atoms with Crippen LogP contribution in [-0.2, 0) is 5.54 Å². The Balaban J connectivity index is 1.70. The average molecular weight is 601 g/mol. The molecule has 1 heterocycles. The van der Waals surface area contributed by atoms with E-state index in [1.165, 1.54) is 96.3 Å². The number of nitrogens with zero attached hydrogens (tertiary/aromatic N) is 2. The third kappa shape index (κ3) is 5.26. The Morgan fingerprint density at radius 1 is 0.771 bits per heavy atom. The van der Waals surface area contributed by atoms with Crippen LogP contribution in [0.2, 0.25) is 11.8 Å². The van der Waals surface area contributed by atoms with Crippen LogP contribution in [0.3, 0.4) is 0 Å². The van der Waals surface area contributed by atoms with E-state index < -0.39 is 17.0 Å². The molecular formula is C30H46N2OSSn. The van der Waals surface area contributed by atoms with Crippen molar-refractivity contribution in [2.45, 2.75) is 140 Å². The number of rotatable bonds is 5. The van der Waals surface area contributed by atoms with E-state index in [0.29, 0.717) is 0 Å². The van der Waals surface area contributed by atoms with E-state index in [9.17, 15) is 4.79 Å².